The average Bonchev–Trinajstić information content (AvgIpc) is 3.47. The van der Waals surface area contributed by atoms with Crippen molar-refractivity contribution in [2.24, 2.45) is 5.92 Å². The van der Waals surface area contributed by atoms with Gasteiger partial charge in [0.25, 0.3) is 0 Å². The van der Waals surface area contributed by atoms with E-state index in [1.807, 2.05) is 0 Å². The number of allylic oxidation sites excluding steroid dienone is 5. The van der Waals surface area contributed by atoms with Crippen molar-refractivity contribution in [3.63, 3.8) is 0 Å². The van der Waals surface area contributed by atoms with Crippen LogP contribution in [0.15, 0.2) is 157 Å². The van der Waals surface area contributed by atoms with Crippen LogP contribution in [0.5, 0.6) is 0 Å². The quantitative estimate of drug-likeness (QED) is 0.208. The maximum absolute atomic E-state index is 4.90. The Morgan fingerprint density at radius 3 is 2.16 bits per heavy atom. The Morgan fingerprint density at radius 1 is 0.651 bits per heavy atom. The molecule has 1 heterocycles. The summed E-state index contributed by atoms with van der Waals surface area (Å²) in [5, 5.41) is 0. The van der Waals surface area contributed by atoms with Gasteiger partial charge in [0.05, 0.1) is 11.0 Å². The molecule has 43 heavy (non-hydrogen) atoms. The van der Waals surface area contributed by atoms with Crippen molar-refractivity contribution in [2.75, 3.05) is 0 Å². The standard InChI is InChI=1S/C41H32N2/c1-2-39-42-37-18-10-11-19-38(37)43(39)32-26-24-31(25-27-32)41-35-16-8-6-14-33(35)40(34-15-7-9-17-36(34)41)30-22-20-29(21-23-30)28-12-4-3-5-13-28/h3-27,33,40H,2H2,1H3. The van der Waals surface area contributed by atoms with Gasteiger partial charge in [-0.1, -0.05) is 134 Å². The van der Waals surface area contributed by atoms with Crippen LogP contribution in [0.1, 0.15) is 40.9 Å². The van der Waals surface area contributed by atoms with E-state index in [0.29, 0.717) is 0 Å². The number of nitrogens with zero attached hydrogens (tertiary/aromatic N) is 2. The lowest BCUT2D eigenvalue weighted by Gasteiger charge is -2.37. The molecule has 0 radical (unpaired) electrons. The molecule has 0 fully saturated rings. The van der Waals surface area contributed by atoms with Gasteiger partial charge in [-0.05, 0) is 68.8 Å². The van der Waals surface area contributed by atoms with E-state index in [1.54, 1.807) is 0 Å². The normalized spacial score (nSPS) is 17.2. The predicted molar refractivity (Wildman–Crippen MR) is 178 cm³/mol. The number of aromatic nitrogens is 2. The molecule has 0 spiro atoms. The third kappa shape index (κ3) is 4.30. The van der Waals surface area contributed by atoms with Crippen molar-refractivity contribution < 1.29 is 0 Å². The molecule has 6 aromatic rings. The van der Waals surface area contributed by atoms with Gasteiger partial charge in [0.2, 0.25) is 0 Å². The zero-order valence-electron chi connectivity index (χ0n) is 24.2. The van der Waals surface area contributed by atoms with E-state index in [0.717, 1.165) is 29.0 Å². The van der Waals surface area contributed by atoms with E-state index in [4.69, 9.17) is 4.98 Å². The molecule has 2 aliphatic rings. The van der Waals surface area contributed by atoms with Crippen LogP contribution in [0.3, 0.4) is 0 Å². The molecule has 0 amide bonds. The fraction of sp³-hybridized carbons (Fsp3) is 0.0976. The summed E-state index contributed by atoms with van der Waals surface area (Å²) < 4.78 is 2.30. The average molecular weight is 553 g/mol. The van der Waals surface area contributed by atoms with Crippen molar-refractivity contribution in [3.05, 3.63) is 185 Å². The van der Waals surface area contributed by atoms with Crippen LogP contribution < -0.4 is 0 Å². The van der Waals surface area contributed by atoms with E-state index in [1.165, 1.54) is 44.5 Å². The van der Waals surface area contributed by atoms with Crippen LogP contribution in [0.4, 0.5) is 0 Å². The molecule has 0 saturated heterocycles. The first kappa shape index (κ1) is 25.5. The van der Waals surface area contributed by atoms with Crippen LogP contribution in [0.25, 0.3) is 33.4 Å². The lowest BCUT2D eigenvalue weighted by Crippen LogP contribution is -2.22. The molecule has 5 aromatic carbocycles. The van der Waals surface area contributed by atoms with Gasteiger partial charge in [-0.2, -0.15) is 0 Å². The molecular formula is C41H32N2. The molecule has 2 unspecified atom stereocenters. The van der Waals surface area contributed by atoms with E-state index in [-0.39, 0.29) is 11.8 Å². The molecule has 2 atom stereocenters. The minimum atomic E-state index is 0.254. The summed E-state index contributed by atoms with van der Waals surface area (Å²) in [7, 11) is 0. The van der Waals surface area contributed by atoms with Crippen molar-refractivity contribution in [1.82, 2.24) is 9.55 Å². The first-order valence-electron chi connectivity index (χ1n) is 15.2. The highest BCUT2D eigenvalue weighted by Gasteiger charge is 2.35. The second kappa shape index (κ2) is 10.6. The molecule has 0 N–H and O–H groups in total. The highest BCUT2D eigenvalue weighted by molar-refractivity contribution is 5.89. The Morgan fingerprint density at radius 2 is 1.35 bits per heavy atom. The Bertz CT molecular complexity index is 2040. The van der Waals surface area contributed by atoms with Crippen molar-refractivity contribution in [1.29, 1.82) is 0 Å². The third-order valence-corrected chi connectivity index (χ3v) is 9.02. The van der Waals surface area contributed by atoms with Gasteiger partial charge in [0.15, 0.2) is 0 Å². The van der Waals surface area contributed by atoms with Crippen LogP contribution in [0.2, 0.25) is 0 Å². The number of hydrogen-bond acceptors (Lipinski definition) is 1. The summed E-state index contributed by atoms with van der Waals surface area (Å²) in [6.45, 7) is 2.17. The summed E-state index contributed by atoms with van der Waals surface area (Å²) in [6, 6.07) is 46.3. The van der Waals surface area contributed by atoms with Crippen LogP contribution in [-0.2, 0) is 6.42 Å². The first-order chi connectivity index (χ1) is 21.3. The number of aryl methyl sites for hydroxylation is 1. The Balaban J connectivity index is 1.23. The number of rotatable bonds is 5. The molecular weight excluding hydrogens is 520 g/mol. The predicted octanol–water partition coefficient (Wildman–Crippen LogP) is 9.94. The number of imidazole rings is 1. The molecule has 2 aliphatic carbocycles. The Kier molecular flexibility index (Phi) is 6.26. The zero-order valence-corrected chi connectivity index (χ0v) is 24.2. The molecule has 2 nitrogen and oxygen atoms in total. The van der Waals surface area contributed by atoms with Gasteiger partial charge in [-0.3, -0.25) is 4.57 Å². The summed E-state index contributed by atoms with van der Waals surface area (Å²) in [5.41, 5.74) is 13.9. The van der Waals surface area contributed by atoms with E-state index < -0.39 is 0 Å². The molecule has 0 bridgehead atoms. The van der Waals surface area contributed by atoms with E-state index in [2.05, 4.69) is 163 Å². The molecule has 1 aromatic heterocycles. The van der Waals surface area contributed by atoms with Crippen LogP contribution in [-0.4, -0.2) is 9.55 Å². The third-order valence-electron chi connectivity index (χ3n) is 9.02. The maximum Gasteiger partial charge on any atom is 0.114 e. The smallest absolute Gasteiger partial charge is 0.114 e. The van der Waals surface area contributed by atoms with Gasteiger partial charge >= 0.3 is 0 Å². The highest BCUT2D eigenvalue weighted by Crippen LogP contribution is 2.50. The summed E-state index contributed by atoms with van der Waals surface area (Å²) in [6.07, 6.45) is 10.00. The van der Waals surface area contributed by atoms with Crippen LogP contribution >= 0.6 is 0 Å². The molecule has 0 aliphatic heterocycles. The zero-order chi connectivity index (χ0) is 28.8. The van der Waals surface area contributed by atoms with Gasteiger partial charge < -0.3 is 0 Å². The highest BCUT2D eigenvalue weighted by atomic mass is 15.1. The van der Waals surface area contributed by atoms with Crippen LogP contribution in [0, 0.1) is 5.92 Å². The lowest BCUT2D eigenvalue weighted by atomic mass is 9.66. The fourth-order valence-electron chi connectivity index (χ4n) is 7.04. The maximum atomic E-state index is 4.90. The van der Waals surface area contributed by atoms with Gasteiger partial charge in [0, 0.05) is 23.9 Å². The van der Waals surface area contributed by atoms with Crippen molar-refractivity contribution in [2.45, 2.75) is 19.3 Å². The number of fused-ring (bicyclic) bond motifs is 3. The van der Waals surface area contributed by atoms with Crippen molar-refractivity contribution >= 4 is 16.6 Å². The molecule has 2 heteroatoms. The van der Waals surface area contributed by atoms with E-state index >= 15 is 0 Å². The van der Waals surface area contributed by atoms with Gasteiger partial charge in [0.1, 0.15) is 5.82 Å². The van der Waals surface area contributed by atoms with Gasteiger partial charge in [-0.15, -0.1) is 0 Å². The van der Waals surface area contributed by atoms with E-state index in [9.17, 15) is 0 Å². The molecule has 0 saturated carbocycles. The second-order valence-electron chi connectivity index (χ2n) is 11.4. The number of hydrogen-bond donors (Lipinski definition) is 0. The second-order valence-corrected chi connectivity index (χ2v) is 11.4. The van der Waals surface area contributed by atoms with Gasteiger partial charge in [-0.25, -0.2) is 4.98 Å². The molecule has 206 valence electrons. The largest absolute Gasteiger partial charge is 0.296 e. The van der Waals surface area contributed by atoms with Crippen molar-refractivity contribution in [3.8, 4) is 16.8 Å². The monoisotopic (exact) mass is 552 g/mol. The minimum absolute atomic E-state index is 0.254. The Labute approximate surface area is 253 Å². The summed E-state index contributed by atoms with van der Waals surface area (Å²) in [5.74, 6) is 1.60. The fourth-order valence-corrected chi connectivity index (χ4v) is 7.04. The first-order valence-corrected chi connectivity index (χ1v) is 15.2. The molecule has 8 rings (SSSR count). The Hall–Kier alpha value is -5.21. The number of benzene rings is 5. The minimum Gasteiger partial charge on any atom is -0.296 e. The topological polar surface area (TPSA) is 17.8 Å². The summed E-state index contributed by atoms with van der Waals surface area (Å²) in [4.78, 5) is 4.90. The number of para-hydroxylation sites is 2. The lowest BCUT2D eigenvalue weighted by molar-refractivity contribution is 0.649. The SMILES string of the molecule is CCc1nc2ccccc2n1-c1ccc(C2=C3C=CC=CC3C(c3ccc(-c4ccccc4)cc3)c3ccccc32)cc1. The summed E-state index contributed by atoms with van der Waals surface area (Å²) >= 11 is 0.